The molecule has 0 bridgehead atoms. The molecule has 7 nitrogen and oxygen atoms in total. The Morgan fingerprint density at radius 2 is 1.43 bits per heavy atom. The first kappa shape index (κ1) is 40.1. The molecule has 4 atom stereocenters. The first-order valence-electron chi connectivity index (χ1n) is 18.3. The summed E-state index contributed by atoms with van der Waals surface area (Å²) in [7, 11) is -1.23. The van der Waals surface area contributed by atoms with Crippen molar-refractivity contribution in [2.24, 2.45) is 0 Å². The molecule has 4 aromatic carbocycles. The first-order chi connectivity index (χ1) is 25.3. The predicted molar refractivity (Wildman–Crippen MR) is 209 cm³/mol. The Morgan fingerprint density at radius 3 is 1.98 bits per heavy atom. The van der Waals surface area contributed by atoms with Crippen LogP contribution in [0.2, 0.25) is 5.04 Å². The van der Waals surface area contributed by atoms with Gasteiger partial charge in [-0.2, -0.15) is 0 Å². The highest BCUT2D eigenvalue weighted by Gasteiger charge is 2.52. The molecule has 53 heavy (non-hydrogen) atoms. The molecule has 1 fully saturated rings. The van der Waals surface area contributed by atoms with Crippen LogP contribution in [-0.2, 0) is 30.0 Å². The summed E-state index contributed by atoms with van der Waals surface area (Å²) in [6, 6.07) is 37.0. The molecule has 0 saturated carbocycles. The summed E-state index contributed by atoms with van der Waals surface area (Å²) >= 11 is 0. The van der Waals surface area contributed by atoms with Gasteiger partial charge in [-0.15, -0.1) is 0 Å². The zero-order valence-corrected chi connectivity index (χ0v) is 32.9. The van der Waals surface area contributed by atoms with E-state index < -0.39 is 44.2 Å². The highest BCUT2D eigenvalue weighted by molar-refractivity contribution is 6.99. The fourth-order valence-electron chi connectivity index (χ4n) is 6.89. The van der Waals surface area contributed by atoms with Gasteiger partial charge in [-0.25, -0.2) is 9.18 Å². The monoisotopic (exact) mass is 740 g/mol. The molecule has 0 aromatic heterocycles. The standard InChI is InChI=1S/C44H53FO7Si/c1-32(48-31-33-24-26-35(47-7)27-25-33)23-28-38(45)40(50-42(46)34-17-11-8-12-18-34)41-39(51-44(5,6)52-41)29-30-49-53(43(2,3)4,36-19-13-9-14-20-36)37-21-15-10-16-22-37/h8-22,24-28,32,39-41H,23,29-31H2,1-7H3/b38-28+/t32-,39?,40?,41?/m1/s1. The van der Waals surface area contributed by atoms with Crippen LogP contribution in [-0.4, -0.2) is 58.2 Å². The number of rotatable bonds is 16. The average Bonchev–Trinajstić information content (AvgIpc) is 3.47. The van der Waals surface area contributed by atoms with E-state index in [4.69, 9.17) is 28.1 Å². The number of hydrogen-bond acceptors (Lipinski definition) is 7. The van der Waals surface area contributed by atoms with Gasteiger partial charge in [0.1, 0.15) is 17.7 Å². The molecule has 3 unspecified atom stereocenters. The van der Waals surface area contributed by atoms with Gasteiger partial charge < -0.3 is 28.1 Å². The SMILES string of the molecule is COc1ccc(CO[C@H](C)C/C=C(/F)C(OC(=O)c2ccccc2)C2OC(C)(C)OC2CCO[Si](c2ccccc2)(c2ccccc2)C(C)(C)C)cc1. The number of methoxy groups -OCH3 is 1. The lowest BCUT2D eigenvalue weighted by atomic mass is 10.0. The van der Waals surface area contributed by atoms with E-state index in [1.54, 1.807) is 51.3 Å². The van der Waals surface area contributed by atoms with E-state index in [1.165, 1.54) is 6.08 Å². The van der Waals surface area contributed by atoms with Gasteiger partial charge >= 0.3 is 5.97 Å². The smallest absolute Gasteiger partial charge is 0.338 e. The van der Waals surface area contributed by atoms with Crippen LogP contribution in [0, 0.1) is 0 Å². The number of benzene rings is 4. The summed E-state index contributed by atoms with van der Waals surface area (Å²) in [5.41, 5.74) is 1.28. The second-order valence-corrected chi connectivity index (χ2v) is 19.2. The van der Waals surface area contributed by atoms with E-state index in [0.717, 1.165) is 21.7 Å². The van der Waals surface area contributed by atoms with Gasteiger partial charge in [0.25, 0.3) is 8.32 Å². The predicted octanol–water partition coefficient (Wildman–Crippen LogP) is 8.56. The first-order valence-corrected chi connectivity index (χ1v) is 20.2. The number of carbonyl (C=O) groups is 1. The average molecular weight is 741 g/mol. The van der Waals surface area contributed by atoms with Crippen molar-refractivity contribution in [1.29, 1.82) is 0 Å². The molecule has 5 rings (SSSR count). The van der Waals surface area contributed by atoms with E-state index in [0.29, 0.717) is 25.2 Å². The lowest BCUT2D eigenvalue weighted by Crippen LogP contribution is -2.66. The molecular weight excluding hydrogens is 688 g/mol. The van der Waals surface area contributed by atoms with Crippen LogP contribution >= 0.6 is 0 Å². The Bertz CT molecular complexity index is 1720. The molecule has 1 aliphatic rings. The third kappa shape index (κ3) is 10.1. The van der Waals surface area contributed by atoms with Crippen LogP contribution in [0.1, 0.15) is 70.3 Å². The summed E-state index contributed by atoms with van der Waals surface area (Å²) in [6.07, 6.45) is -1.21. The Hall–Kier alpha value is -4.12. The zero-order valence-electron chi connectivity index (χ0n) is 31.9. The topological polar surface area (TPSA) is 72.5 Å². The van der Waals surface area contributed by atoms with E-state index in [2.05, 4.69) is 45.0 Å². The van der Waals surface area contributed by atoms with Gasteiger partial charge in [-0.05, 0) is 84.9 Å². The van der Waals surface area contributed by atoms with Crippen molar-refractivity contribution in [2.75, 3.05) is 13.7 Å². The van der Waals surface area contributed by atoms with E-state index in [1.807, 2.05) is 67.6 Å². The fourth-order valence-corrected chi connectivity index (χ4v) is 11.5. The number of halogens is 1. The number of ether oxygens (including phenoxy) is 5. The Kier molecular flexibility index (Phi) is 13.5. The molecule has 0 amide bonds. The third-order valence-corrected chi connectivity index (χ3v) is 14.6. The van der Waals surface area contributed by atoms with Gasteiger partial charge in [-0.1, -0.05) is 112 Å². The summed E-state index contributed by atoms with van der Waals surface area (Å²) < 4.78 is 53.6. The summed E-state index contributed by atoms with van der Waals surface area (Å²) in [5, 5.41) is 2.09. The number of esters is 1. The van der Waals surface area contributed by atoms with Gasteiger partial charge in [0.15, 0.2) is 11.9 Å². The van der Waals surface area contributed by atoms with Crippen molar-refractivity contribution in [1.82, 2.24) is 0 Å². The Balaban J connectivity index is 1.38. The van der Waals surface area contributed by atoms with Crippen molar-refractivity contribution in [3.8, 4) is 5.75 Å². The normalized spacial score (nSPS) is 18.7. The minimum absolute atomic E-state index is 0.226. The van der Waals surface area contributed by atoms with E-state index in [-0.39, 0.29) is 17.6 Å². The molecule has 1 heterocycles. The summed E-state index contributed by atoms with van der Waals surface area (Å²) in [4.78, 5) is 13.4. The molecule has 282 valence electrons. The Labute approximate surface area is 315 Å². The van der Waals surface area contributed by atoms with Crippen molar-refractivity contribution < 1.29 is 37.3 Å². The third-order valence-electron chi connectivity index (χ3n) is 9.51. The van der Waals surface area contributed by atoms with Crippen LogP contribution in [0.25, 0.3) is 0 Å². The van der Waals surface area contributed by atoms with Gasteiger partial charge in [0.05, 0.1) is 31.5 Å². The van der Waals surface area contributed by atoms with Gasteiger partial charge in [0.2, 0.25) is 0 Å². The highest BCUT2D eigenvalue weighted by Crippen LogP contribution is 2.39. The van der Waals surface area contributed by atoms with Crippen molar-refractivity contribution in [3.05, 3.63) is 138 Å². The minimum atomic E-state index is -2.85. The maximum Gasteiger partial charge on any atom is 0.338 e. The summed E-state index contributed by atoms with van der Waals surface area (Å²) in [6.45, 7) is 12.8. The lowest BCUT2D eigenvalue weighted by Gasteiger charge is -2.43. The highest BCUT2D eigenvalue weighted by atomic mass is 28.4. The van der Waals surface area contributed by atoms with Crippen LogP contribution in [0.15, 0.2) is 127 Å². The summed E-state index contributed by atoms with van der Waals surface area (Å²) in [5.74, 6) is -1.58. The van der Waals surface area contributed by atoms with Crippen LogP contribution in [0.3, 0.4) is 0 Å². The number of carbonyl (C=O) groups excluding carboxylic acids is 1. The van der Waals surface area contributed by atoms with Crippen LogP contribution < -0.4 is 15.1 Å². The van der Waals surface area contributed by atoms with Crippen molar-refractivity contribution >= 4 is 24.7 Å². The molecular formula is C44H53FO7Si. The molecule has 9 heteroatoms. The molecule has 4 aromatic rings. The van der Waals surface area contributed by atoms with E-state index >= 15 is 4.39 Å². The second kappa shape index (κ2) is 17.8. The van der Waals surface area contributed by atoms with E-state index in [9.17, 15) is 4.79 Å². The quantitative estimate of drug-likeness (QED) is 0.0843. The molecule has 1 aliphatic heterocycles. The van der Waals surface area contributed by atoms with Crippen molar-refractivity contribution in [3.63, 3.8) is 0 Å². The van der Waals surface area contributed by atoms with Gasteiger partial charge in [0, 0.05) is 6.61 Å². The van der Waals surface area contributed by atoms with Crippen LogP contribution in [0.5, 0.6) is 5.75 Å². The van der Waals surface area contributed by atoms with Gasteiger partial charge in [-0.3, -0.25) is 0 Å². The lowest BCUT2D eigenvalue weighted by molar-refractivity contribution is -0.154. The molecule has 0 aliphatic carbocycles. The molecule has 0 radical (unpaired) electrons. The number of hydrogen-bond donors (Lipinski definition) is 0. The molecule has 0 N–H and O–H groups in total. The maximum atomic E-state index is 16.5. The maximum absolute atomic E-state index is 16.5. The molecule has 1 saturated heterocycles. The largest absolute Gasteiger partial charge is 0.497 e. The second-order valence-electron chi connectivity index (χ2n) is 14.9. The fraction of sp³-hybridized carbons (Fsp3) is 0.386. The molecule has 0 spiro atoms. The Morgan fingerprint density at radius 1 is 0.868 bits per heavy atom. The van der Waals surface area contributed by atoms with Crippen LogP contribution in [0.4, 0.5) is 4.39 Å². The van der Waals surface area contributed by atoms with Crippen molar-refractivity contribution in [2.45, 2.75) is 96.2 Å². The minimum Gasteiger partial charge on any atom is -0.497 e. The zero-order chi connectivity index (χ0) is 38.1.